The van der Waals surface area contributed by atoms with Gasteiger partial charge in [-0.1, -0.05) is 17.3 Å². The molecule has 2 aromatic heterocycles. The number of aromatic nitrogens is 1. The van der Waals surface area contributed by atoms with Gasteiger partial charge in [0.25, 0.3) is 5.91 Å². The summed E-state index contributed by atoms with van der Waals surface area (Å²) in [7, 11) is 0. The van der Waals surface area contributed by atoms with Crippen molar-refractivity contribution in [2.24, 2.45) is 5.16 Å². The van der Waals surface area contributed by atoms with E-state index < -0.39 is 5.60 Å². The van der Waals surface area contributed by atoms with Gasteiger partial charge in [0.15, 0.2) is 5.60 Å². The Bertz CT molecular complexity index is 869. The van der Waals surface area contributed by atoms with E-state index in [1.54, 1.807) is 23.7 Å². The Morgan fingerprint density at radius 2 is 2.25 bits per heavy atom. The Balaban J connectivity index is 1.32. The van der Waals surface area contributed by atoms with Gasteiger partial charge in [-0.15, -0.1) is 11.3 Å². The minimum absolute atomic E-state index is 0.0969. The van der Waals surface area contributed by atoms with Crippen molar-refractivity contribution < 1.29 is 14.4 Å². The number of rotatable bonds is 5. The summed E-state index contributed by atoms with van der Waals surface area (Å²) in [6.45, 7) is 1.59. The van der Waals surface area contributed by atoms with Crippen molar-refractivity contribution >= 4 is 28.9 Å². The van der Waals surface area contributed by atoms with E-state index in [1.165, 1.54) is 0 Å². The fraction of sp³-hybridized carbons (Fsp3) is 0.400. The van der Waals surface area contributed by atoms with Gasteiger partial charge >= 0.3 is 0 Å². The van der Waals surface area contributed by atoms with Gasteiger partial charge < -0.3 is 15.1 Å². The predicted octanol–water partition coefficient (Wildman–Crippen LogP) is 2.14. The maximum atomic E-state index is 12.6. The lowest BCUT2D eigenvalue weighted by Gasteiger charge is -2.38. The number of piperidine rings is 1. The summed E-state index contributed by atoms with van der Waals surface area (Å²) in [6, 6.07) is 7.66. The van der Waals surface area contributed by atoms with Gasteiger partial charge in [-0.2, -0.15) is 0 Å². The molecule has 2 aliphatic heterocycles. The van der Waals surface area contributed by atoms with Crippen LogP contribution in [0.1, 0.15) is 29.7 Å². The van der Waals surface area contributed by atoms with Gasteiger partial charge in [0, 0.05) is 36.8 Å². The molecule has 1 atom stereocenters. The quantitative estimate of drug-likeness (QED) is 0.836. The Morgan fingerprint density at radius 1 is 1.32 bits per heavy atom. The van der Waals surface area contributed by atoms with Crippen molar-refractivity contribution in [2.75, 3.05) is 13.1 Å². The van der Waals surface area contributed by atoms with Gasteiger partial charge in [-0.3, -0.25) is 14.6 Å². The van der Waals surface area contributed by atoms with Gasteiger partial charge in [0.05, 0.1) is 13.0 Å². The summed E-state index contributed by atoms with van der Waals surface area (Å²) in [5, 5.41) is 8.88. The monoisotopic (exact) mass is 398 g/mol. The molecule has 0 saturated carbocycles. The lowest BCUT2D eigenvalue weighted by atomic mass is 9.88. The lowest BCUT2D eigenvalue weighted by molar-refractivity contribution is -0.139. The van der Waals surface area contributed by atoms with Gasteiger partial charge in [0.1, 0.15) is 5.71 Å². The zero-order chi connectivity index (χ0) is 19.4. The van der Waals surface area contributed by atoms with Crippen molar-refractivity contribution in [3.63, 3.8) is 0 Å². The Hall–Kier alpha value is -2.74. The number of amides is 2. The van der Waals surface area contributed by atoms with E-state index in [-0.39, 0.29) is 11.8 Å². The van der Waals surface area contributed by atoms with Crippen molar-refractivity contribution in [1.29, 1.82) is 0 Å². The van der Waals surface area contributed by atoms with Crippen LogP contribution in [-0.2, 0) is 27.4 Å². The zero-order valence-electron chi connectivity index (χ0n) is 15.5. The second-order valence-corrected chi connectivity index (χ2v) is 8.24. The molecule has 1 N–H and O–H groups in total. The van der Waals surface area contributed by atoms with Crippen LogP contribution < -0.4 is 5.32 Å². The first-order valence-electron chi connectivity index (χ1n) is 9.36. The highest BCUT2D eigenvalue weighted by Crippen LogP contribution is 2.33. The van der Waals surface area contributed by atoms with Crippen LogP contribution in [0.3, 0.4) is 0 Å². The highest BCUT2D eigenvalue weighted by Gasteiger charge is 2.45. The Morgan fingerprint density at radius 3 is 3.04 bits per heavy atom. The second-order valence-electron chi connectivity index (χ2n) is 7.21. The third kappa shape index (κ3) is 4.22. The second kappa shape index (κ2) is 8.10. The SMILES string of the molecule is O=C(NCc1cccnc1)C1=NOC2(CCCN(C(=O)Cc3cccs3)C2)C1. The molecule has 1 fully saturated rings. The molecule has 1 spiro atoms. The van der Waals surface area contributed by atoms with Gasteiger partial charge in [0.2, 0.25) is 5.91 Å². The number of thiophene rings is 1. The average Bonchev–Trinajstić information content (AvgIpc) is 3.37. The molecule has 1 saturated heterocycles. The molecule has 2 amide bonds. The Labute approximate surface area is 167 Å². The smallest absolute Gasteiger partial charge is 0.269 e. The van der Waals surface area contributed by atoms with Gasteiger partial charge in [-0.25, -0.2) is 0 Å². The third-order valence-electron chi connectivity index (χ3n) is 5.07. The van der Waals surface area contributed by atoms with E-state index >= 15 is 0 Å². The van der Waals surface area contributed by atoms with Crippen LogP contribution in [0.5, 0.6) is 0 Å². The van der Waals surface area contributed by atoms with E-state index in [0.717, 1.165) is 29.8 Å². The molecule has 2 aliphatic rings. The molecule has 146 valence electrons. The number of likely N-dealkylation sites (tertiary alicyclic amines) is 1. The first kappa shape index (κ1) is 18.6. The maximum absolute atomic E-state index is 12.6. The molecule has 1 unspecified atom stereocenters. The number of nitrogens with zero attached hydrogens (tertiary/aromatic N) is 3. The summed E-state index contributed by atoms with van der Waals surface area (Å²) >= 11 is 1.59. The van der Waals surface area contributed by atoms with Crippen LogP contribution in [0, 0.1) is 0 Å². The molecule has 0 bridgehead atoms. The maximum Gasteiger partial charge on any atom is 0.269 e. The molecular weight excluding hydrogens is 376 g/mol. The fourth-order valence-electron chi connectivity index (χ4n) is 3.63. The number of pyridine rings is 1. The van der Waals surface area contributed by atoms with E-state index in [0.29, 0.717) is 31.6 Å². The largest absolute Gasteiger partial charge is 0.386 e. The molecule has 4 heterocycles. The Kier molecular flexibility index (Phi) is 5.38. The molecule has 2 aromatic rings. The number of carbonyl (C=O) groups excluding carboxylic acids is 2. The first-order valence-corrected chi connectivity index (χ1v) is 10.2. The minimum atomic E-state index is -0.579. The molecular formula is C20H22N4O3S. The fourth-order valence-corrected chi connectivity index (χ4v) is 4.33. The highest BCUT2D eigenvalue weighted by molar-refractivity contribution is 7.10. The average molecular weight is 398 g/mol. The van der Waals surface area contributed by atoms with E-state index in [9.17, 15) is 9.59 Å². The van der Waals surface area contributed by atoms with Crippen molar-refractivity contribution in [3.8, 4) is 0 Å². The van der Waals surface area contributed by atoms with E-state index in [2.05, 4.69) is 15.5 Å². The van der Waals surface area contributed by atoms with Crippen LogP contribution in [0.2, 0.25) is 0 Å². The third-order valence-corrected chi connectivity index (χ3v) is 5.95. The van der Waals surface area contributed by atoms with Crippen LogP contribution in [-0.4, -0.2) is 46.1 Å². The van der Waals surface area contributed by atoms with Crippen LogP contribution in [0.15, 0.2) is 47.2 Å². The van der Waals surface area contributed by atoms with Crippen LogP contribution in [0.25, 0.3) is 0 Å². The summed E-state index contributed by atoms with van der Waals surface area (Å²) in [4.78, 5) is 37.7. The number of oxime groups is 1. The standard InChI is InChI=1S/C20H22N4O3S/c25-18(10-16-5-2-9-28-16)24-8-3-6-20(14-24)11-17(23-27-20)19(26)22-13-15-4-1-7-21-12-15/h1-2,4-5,7,9,12H,3,6,8,10-11,13-14H2,(H,22,26). The summed E-state index contributed by atoms with van der Waals surface area (Å²) < 4.78 is 0. The van der Waals surface area contributed by atoms with Crippen molar-refractivity contribution in [2.45, 2.75) is 37.8 Å². The zero-order valence-corrected chi connectivity index (χ0v) is 16.3. The van der Waals surface area contributed by atoms with Crippen molar-refractivity contribution in [3.05, 3.63) is 52.5 Å². The number of hydrogen-bond donors (Lipinski definition) is 1. The summed E-state index contributed by atoms with van der Waals surface area (Å²) in [6.07, 6.45) is 5.88. The minimum Gasteiger partial charge on any atom is -0.386 e. The van der Waals surface area contributed by atoms with Crippen LogP contribution in [0.4, 0.5) is 0 Å². The van der Waals surface area contributed by atoms with Gasteiger partial charge in [-0.05, 0) is 35.9 Å². The number of carbonyl (C=O) groups is 2. The predicted molar refractivity (Wildman–Crippen MR) is 106 cm³/mol. The first-order chi connectivity index (χ1) is 13.6. The summed E-state index contributed by atoms with van der Waals surface area (Å²) in [5.74, 6) is -0.137. The molecule has 0 aliphatic carbocycles. The summed E-state index contributed by atoms with van der Waals surface area (Å²) in [5.41, 5.74) is 0.731. The molecule has 8 heteroatoms. The van der Waals surface area contributed by atoms with Crippen molar-refractivity contribution in [1.82, 2.24) is 15.2 Å². The molecule has 7 nitrogen and oxygen atoms in total. The lowest BCUT2D eigenvalue weighted by Crippen LogP contribution is -2.51. The van der Waals surface area contributed by atoms with E-state index in [4.69, 9.17) is 4.84 Å². The number of nitrogens with one attached hydrogen (secondary N) is 1. The number of hydrogen-bond acceptors (Lipinski definition) is 6. The van der Waals surface area contributed by atoms with E-state index in [1.807, 2.05) is 34.5 Å². The highest BCUT2D eigenvalue weighted by atomic mass is 32.1. The van der Waals surface area contributed by atoms with Crippen LogP contribution >= 0.6 is 11.3 Å². The normalized spacial score (nSPS) is 21.3. The molecule has 0 aromatic carbocycles. The molecule has 4 rings (SSSR count). The molecule has 28 heavy (non-hydrogen) atoms. The topological polar surface area (TPSA) is 83.9 Å². The molecule has 0 radical (unpaired) electrons.